The van der Waals surface area contributed by atoms with Crippen molar-refractivity contribution >= 4 is 19.6 Å². The lowest BCUT2D eigenvalue weighted by atomic mass is 9.82. The smallest absolute Gasteiger partial charge is 0.459 e. The van der Waals surface area contributed by atoms with E-state index in [1.54, 1.807) is 38.1 Å². The van der Waals surface area contributed by atoms with Gasteiger partial charge in [-0.1, -0.05) is 18.2 Å². The topological polar surface area (TPSA) is 182 Å². The number of ether oxygens (including phenoxy) is 2. The Balaban J connectivity index is 1.60. The lowest BCUT2D eigenvalue weighted by Gasteiger charge is -2.33. The predicted octanol–water partition coefficient (Wildman–Crippen LogP) is 2.05. The second kappa shape index (κ2) is 11.2. The maximum absolute atomic E-state index is 16.3. The van der Waals surface area contributed by atoms with Gasteiger partial charge in [0.25, 0.3) is 0 Å². The Kier molecular flexibility index (Phi) is 8.26. The first-order valence-corrected chi connectivity index (χ1v) is 14.1. The summed E-state index contributed by atoms with van der Waals surface area (Å²) in [6.07, 6.45) is -3.78. The number of hydrogen-bond acceptors (Lipinski definition) is 11. The molecule has 1 aromatic carbocycles. The normalized spacial score (nSPS) is 28.0. The number of hydrogen-bond donors (Lipinski definition) is 4. The summed E-state index contributed by atoms with van der Waals surface area (Å²) in [5.41, 5.74) is 4.29. The molecule has 5 N–H and O–H groups in total. The minimum Gasteiger partial charge on any atom is -0.462 e. The van der Waals surface area contributed by atoms with E-state index in [4.69, 9.17) is 24.3 Å². The minimum atomic E-state index is -4.35. The molecule has 4 rings (SSSR count). The van der Waals surface area contributed by atoms with Crippen molar-refractivity contribution in [2.45, 2.75) is 63.3 Å². The van der Waals surface area contributed by atoms with Crippen LogP contribution in [-0.4, -0.2) is 64.9 Å². The number of alkyl halides is 1. The molecule has 0 saturated carbocycles. The second-order valence-electron chi connectivity index (χ2n) is 9.80. The number of nitrogens with one attached hydrogen (secondary N) is 2. The third-order valence-electron chi connectivity index (χ3n) is 6.50. The van der Waals surface area contributed by atoms with Gasteiger partial charge in [0, 0.05) is 0 Å². The van der Waals surface area contributed by atoms with Gasteiger partial charge < -0.3 is 30.3 Å². The Labute approximate surface area is 230 Å². The zero-order valence-electron chi connectivity index (χ0n) is 22.4. The largest absolute Gasteiger partial charge is 0.462 e. The molecule has 40 heavy (non-hydrogen) atoms. The molecular weight excluding hydrogens is 546 g/mol. The van der Waals surface area contributed by atoms with E-state index in [0.29, 0.717) is 5.69 Å². The summed E-state index contributed by atoms with van der Waals surface area (Å²) < 4.78 is 53.7. The molecule has 1 unspecified atom stereocenters. The lowest BCUT2D eigenvalue weighted by molar-refractivity contribution is -0.149. The molecule has 0 aliphatic carbocycles. The second-order valence-corrected chi connectivity index (χ2v) is 11.5. The number of halogens is 1. The molecule has 2 aliphatic heterocycles. The van der Waals surface area contributed by atoms with Crippen LogP contribution in [0, 0.1) is 11.3 Å². The number of aliphatic hydroxyl groups excluding tert-OH is 1. The highest BCUT2D eigenvalue weighted by Crippen LogP contribution is 2.51. The number of nitrogens with two attached hydrogens (primary N) is 1. The number of benzene rings is 1. The summed E-state index contributed by atoms with van der Waals surface area (Å²) in [4.78, 5) is 16.4. The first kappa shape index (κ1) is 29.5. The number of aromatic nitrogens is 1. The first-order valence-electron chi connectivity index (χ1n) is 12.5. The van der Waals surface area contributed by atoms with Gasteiger partial charge in [-0.3, -0.25) is 14.0 Å². The Morgan fingerprint density at radius 2 is 2.08 bits per heavy atom. The molecule has 3 heterocycles. The van der Waals surface area contributed by atoms with E-state index in [-0.39, 0.29) is 23.9 Å². The number of nitriles is 1. The van der Waals surface area contributed by atoms with Crippen LogP contribution in [0.1, 0.15) is 39.1 Å². The number of esters is 1. The fraction of sp³-hybridized carbons (Fsp3) is 0.480. The van der Waals surface area contributed by atoms with Crippen molar-refractivity contribution in [2.24, 2.45) is 10.7 Å². The highest BCUT2D eigenvalue weighted by Gasteiger charge is 2.67. The molecular formula is C25H32FN6O7P. The molecule has 216 valence electrons. The van der Waals surface area contributed by atoms with Crippen LogP contribution in [-0.2, 0) is 29.0 Å². The average molecular weight is 579 g/mol. The number of aliphatic hydroxyl groups is 1. The zero-order valence-corrected chi connectivity index (χ0v) is 23.3. The van der Waals surface area contributed by atoms with Crippen molar-refractivity contribution in [1.82, 2.24) is 9.76 Å². The zero-order chi connectivity index (χ0) is 29.3. The highest BCUT2D eigenvalue weighted by atomic mass is 31.2. The number of fused-ring (bicyclic) bond motifs is 1. The van der Waals surface area contributed by atoms with Gasteiger partial charge in [-0.05, 0) is 52.0 Å². The number of para-hydroxylation sites is 1. The fourth-order valence-electron chi connectivity index (χ4n) is 4.45. The van der Waals surface area contributed by atoms with Crippen molar-refractivity contribution < 1.29 is 37.4 Å². The van der Waals surface area contributed by atoms with E-state index < -0.39 is 55.9 Å². The minimum absolute atomic E-state index is 0.0429. The van der Waals surface area contributed by atoms with Crippen molar-refractivity contribution in [2.75, 3.05) is 18.7 Å². The average Bonchev–Trinajstić information content (AvgIpc) is 3.41. The number of carbonyl (C=O) groups is 1. The van der Waals surface area contributed by atoms with Crippen LogP contribution >= 0.6 is 7.75 Å². The SMILES string of the molecule is CC(C)OC(=O)[C@H](C)NP(=O)(OC[C@H]1O[C@@](C#N)(c2ccc3n2NCN=C3N)[C@](C)(F)[C@@H]1O)Oc1ccccc1. The molecule has 13 nitrogen and oxygen atoms in total. The van der Waals surface area contributed by atoms with E-state index in [1.807, 2.05) is 6.07 Å². The number of rotatable bonds is 10. The van der Waals surface area contributed by atoms with Crippen LogP contribution in [0.2, 0.25) is 0 Å². The van der Waals surface area contributed by atoms with Gasteiger partial charge in [0.2, 0.25) is 5.60 Å². The van der Waals surface area contributed by atoms with Crippen LogP contribution in [0.5, 0.6) is 5.75 Å². The third-order valence-corrected chi connectivity index (χ3v) is 8.14. The molecule has 1 aromatic heterocycles. The van der Waals surface area contributed by atoms with Gasteiger partial charge in [0.05, 0.1) is 18.4 Å². The van der Waals surface area contributed by atoms with Gasteiger partial charge >= 0.3 is 13.7 Å². The van der Waals surface area contributed by atoms with E-state index in [2.05, 4.69) is 15.5 Å². The molecule has 2 aromatic rings. The van der Waals surface area contributed by atoms with E-state index >= 15 is 4.39 Å². The summed E-state index contributed by atoms with van der Waals surface area (Å²) in [6, 6.07) is 11.8. The number of aliphatic imine (C=N–C) groups is 1. The van der Waals surface area contributed by atoms with Gasteiger partial charge in [0.15, 0.2) is 5.67 Å². The fourth-order valence-corrected chi connectivity index (χ4v) is 5.96. The Bertz CT molecular complexity index is 1360. The standard InChI is InChI=1S/C25H32FN6O7P/c1-15(2)37-23(34)16(3)31-40(35,39-17-8-6-5-7-9-17)36-12-19-21(33)24(4,26)25(13-27,38-19)20-11-10-18-22(28)29-14-30-32(18)20/h5-11,15-16,19,21,30,33H,12,14H2,1-4H3,(H2,28,29)(H,31,35)/t16-,19+,21+,24+,25-,40?/m0/s1. The van der Waals surface area contributed by atoms with Crippen molar-refractivity contribution in [1.29, 1.82) is 5.26 Å². The molecule has 1 saturated heterocycles. The van der Waals surface area contributed by atoms with Gasteiger partial charge in [-0.15, -0.1) is 0 Å². The van der Waals surface area contributed by atoms with Crippen LogP contribution in [0.25, 0.3) is 0 Å². The molecule has 0 bridgehead atoms. The predicted molar refractivity (Wildman–Crippen MR) is 142 cm³/mol. The van der Waals surface area contributed by atoms with Crippen LogP contribution in [0.4, 0.5) is 4.39 Å². The summed E-state index contributed by atoms with van der Waals surface area (Å²) in [5, 5.41) is 23.7. The molecule has 2 aliphatic rings. The first-order chi connectivity index (χ1) is 18.8. The van der Waals surface area contributed by atoms with Crippen LogP contribution in [0.3, 0.4) is 0 Å². The van der Waals surface area contributed by atoms with Gasteiger partial charge in [-0.25, -0.2) is 13.9 Å². The van der Waals surface area contributed by atoms with Crippen molar-refractivity contribution in [3.63, 3.8) is 0 Å². The summed E-state index contributed by atoms with van der Waals surface area (Å²) in [6.45, 7) is 5.17. The summed E-state index contributed by atoms with van der Waals surface area (Å²) in [5.74, 6) is -0.379. The summed E-state index contributed by atoms with van der Waals surface area (Å²) in [7, 11) is -4.35. The quantitative estimate of drug-likeness (QED) is 0.239. The molecule has 0 amide bonds. The molecule has 15 heteroatoms. The Hall–Kier alpha value is -3.47. The van der Waals surface area contributed by atoms with Crippen molar-refractivity contribution in [3.05, 3.63) is 53.9 Å². The van der Waals surface area contributed by atoms with E-state index in [0.717, 1.165) is 6.92 Å². The van der Waals surface area contributed by atoms with Crippen LogP contribution < -0.4 is 20.8 Å². The molecule has 0 spiro atoms. The van der Waals surface area contributed by atoms with E-state index in [1.165, 1.54) is 29.8 Å². The van der Waals surface area contributed by atoms with Gasteiger partial charge in [0.1, 0.15) is 48.3 Å². The molecule has 6 atom stereocenters. The molecule has 1 fully saturated rings. The van der Waals surface area contributed by atoms with E-state index in [9.17, 15) is 19.7 Å². The lowest BCUT2D eigenvalue weighted by Crippen LogP contribution is -2.50. The number of amidine groups is 1. The van der Waals surface area contributed by atoms with Gasteiger partial charge in [-0.2, -0.15) is 10.3 Å². The maximum atomic E-state index is 16.3. The number of carbonyl (C=O) groups excluding carboxylic acids is 1. The monoisotopic (exact) mass is 578 g/mol. The number of nitrogens with zero attached hydrogens (tertiary/aromatic N) is 3. The van der Waals surface area contributed by atoms with Crippen LogP contribution in [0.15, 0.2) is 47.5 Å². The maximum Gasteiger partial charge on any atom is 0.459 e. The molecule has 0 radical (unpaired) electrons. The highest BCUT2D eigenvalue weighted by molar-refractivity contribution is 7.52. The Morgan fingerprint density at radius 3 is 2.73 bits per heavy atom. The Morgan fingerprint density at radius 1 is 1.38 bits per heavy atom. The third kappa shape index (κ3) is 5.43. The summed E-state index contributed by atoms with van der Waals surface area (Å²) >= 11 is 0. The van der Waals surface area contributed by atoms with Crippen molar-refractivity contribution in [3.8, 4) is 11.8 Å².